The van der Waals surface area contributed by atoms with Gasteiger partial charge in [-0.25, -0.2) is 0 Å². The Balaban J connectivity index is 2.08. The maximum absolute atomic E-state index is 9.76. The van der Waals surface area contributed by atoms with Gasteiger partial charge in [0.1, 0.15) is 17.5 Å². The van der Waals surface area contributed by atoms with E-state index >= 15 is 0 Å². The summed E-state index contributed by atoms with van der Waals surface area (Å²) in [5, 5.41) is 19.5. The minimum atomic E-state index is 0.477. The van der Waals surface area contributed by atoms with Crippen LogP contribution in [0.4, 0.5) is 0 Å². The first-order chi connectivity index (χ1) is 12.6. The Morgan fingerprint density at radius 3 is 2.04 bits per heavy atom. The van der Waals surface area contributed by atoms with Crippen molar-refractivity contribution in [3.05, 3.63) is 76.0 Å². The molecule has 2 aromatic carbocycles. The molecule has 0 atom stereocenters. The fourth-order valence-electron chi connectivity index (χ4n) is 3.01. The van der Waals surface area contributed by atoms with E-state index in [0.29, 0.717) is 27.1 Å². The zero-order valence-corrected chi connectivity index (χ0v) is 15.3. The van der Waals surface area contributed by atoms with Crippen LogP contribution in [0.15, 0.2) is 54.6 Å². The van der Waals surface area contributed by atoms with Crippen molar-refractivity contribution in [2.24, 2.45) is 0 Å². The molecular formula is C20H12Cl2N4. The molecule has 0 amide bonds. The third-order valence-electron chi connectivity index (χ3n) is 4.25. The van der Waals surface area contributed by atoms with Crippen LogP contribution in [0.25, 0.3) is 28.0 Å². The first-order valence-corrected chi connectivity index (χ1v) is 8.65. The first kappa shape index (κ1) is 16.6. The number of nitriles is 1. The molecule has 0 radical (unpaired) electrons. The van der Waals surface area contributed by atoms with Gasteiger partial charge in [-0.2, -0.15) is 5.26 Å². The number of aromatic nitrogens is 3. The van der Waals surface area contributed by atoms with Crippen LogP contribution < -0.4 is 0 Å². The van der Waals surface area contributed by atoms with Gasteiger partial charge in [-0.3, -0.25) is 4.40 Å². The van der Waals surface area contributed by atoms with Crippen LogP contribution in [0, 0.1) is 18.3 Å². The molecule has 0 spiro atoms. The molecule has 0 saturated carbocycles. The smallest absolute Gasteiger partial charge is 0.179 e. The van der Waals surface area contributed by atoms with E-state index in [2.05, 4.69) is 16.3 Å². The normalized spacial score (nSPS) is 10.8. The summed E-state index contributed by atoms with van der Waals surface area (Å²) in [6.45, 7) is 1.86. The summed E-state index contributed by atoms with van der Waals surface area (Å²) in [5.74, 6) is 0.712. The molecule has 0 bridgehead atoms. The van der Waals surface area contributed by atoms with Gasteiger partial charge in [0.2, 0.25) is 0 Å². The fourth-order valence-corrected chi connectivity index (χ4v) is 3.26. The second-order valence-corrected chi connectivity index (χ2v) is 6.72. The lowest BCUT2D eigenvalue weighted by Gasteiger charge is -2.12. The maximum atomic E-state index is 9.76. The average Bonchev–Trinajstić information content (AvgIpc) is 3.04. The van der Waals surface area contributed by atoms with Crippen molar-refractivity contribution in [3.63, 3.8) is 0 Å². The molecule has 0 unspecified atom stereocenters. The van der Waals surface area contributed by atoms with E-state index in [0.717, 1.165) is 22.4 Å². The number of fused-ring (bicyclic) bond motifs is 1. The highest BCUT2D eigenvalue weighted by molar-refractivity contribution is 6.30. The van der Waals surface area contributed by atoms with Crippen molar-refractivity contribution in [2.75, 3.05) is 0 Å². The summed E-state index contributed by atoms with van der Waals surface area (Å²) in [5.41, 5.74) is 4.54. The predicted molar refractivity (Wildman–Crippen MR) is 103 cm³/mol. The Kier molecular flexibility index (Phi) is 4.12. The molecule has 2 aromatic heterocycles. The van der Waals surface area contributed by atoms with Gasteiger partial charge >= 0.3 is 0 Å². The molecule has 4 nitrogen and oxygen atoms in total. The lowest BCUT2D eigenvalue weighted by molar-refractivity contribution is 1.01. The van der Waals surface area contributed by atoms with Crippen LogP contribution in [-0.2, 0) is 0 Å². The second kappa shape index (κ2) is 6.45. The minimum absolute atomic E-state index is 0.477. The quantitative estimate of drug-likeness (QED) is 0.459. The Morgan fingerprint density at radius 1 is 0.885 bits per heavy atom. The Labute approximate surface area is 160 Å². The van der Waals surface area contributed by atoms with Gasteiger partial charge in [0, 0.05) is 15.6 Å². The number of rotatable bonds is 2. The SMILES string of the molecule is Cc1nnc2c(C#N)c(-c3ccc(Cl)cc3)cc(-c3ccc(Cl)cc3)n12. The molecule has 126 valence electrons. The van der Waals surface area contributed by atoms with Crippen LogP contribution in [0.5, 0.6) is 0 Å². The summed E-state index contributed by atoms with van der Waals surface area (Å²) in [6, 6.07) is 19.2. The predicted octanol–water partition coefficient (Wildman–Crippen LogP) is 5.55. The summed E-state index contributed by atoms with van der Waals surface area (Å²) in [4.78, 5) is 0. The first-order valence-electron chi connectivity index (χ1n) is 7.89. The lowest BCUT2D eigenvalue weighted by atomic mass is 9.98. The van der Waals surface area contributed by atoms with Crippen molar-refractivity contribution in [2.45, 2.75) is 6.92 Å². The van der Waals surface area contributed by atoms with Gasteiger partial charge in [0.15, 0.2) is 5.65 Å². The molecule has 0 aliphatic rings. The molecule has 0 N–H and O–H groups in total. The van der Waals surface area contributed by atoms with Crippen molar-refractivity contribution >= 4 is 28.8 Å². The third-order valence-corrected chi connectivity index (χ3v) is 4.75. The average molecular weight is 379 g/mol. The fraction of sp³-hybridized carbons (Fsp3) is 0.0500. The third kappa shape index (κ3) is 2.72. The van der Waals surface area contributed by atoms with Crippen LogP contribution in [-0.4, -0.2) is 14.6 Å². The van der Waals surface area contributed by atoms with Crippen molar-refractivity contribution in [3.8, 4) is 28.5 Å². The van der Waals surface area contributed by atoms with Crippen LogP contribution in [0.1, 0.15) is 11.4 Å². The van der Waals surface area contributed by atoms with Gasteiger partial charge < -0.3 is 0 Å². The molecule has 4 aromatic rings. The second-order valence-electron chi connectivity index (χ2n) is 5.85. The number of pyridine rings is 1. The Hall–Kier alpha value is -2.87. The molecular weight excluding hydrogens is 367 g/mol. The summed E-state index contributed by atoms with van der Waals surface area (Å²) in [6.07, 6.45) is 0. The summed E-state index contributed by atoms with van der Waals surface area (Å²) < 4.78 is 1.89. The van der Waals surface area contributed by atoms with Crippen molar-refractivity contribution < 1.29 is 0 Å². The van der Waals surface area contributed by atoms with E-state index in [1.165, 1.54) is 0 Å². The monoisotopic (exact) mass is 378 g/mol. The van der Waals surface area contributed by atoms with E-state index in [1.54, 1.807) is 12.1 Å². The van der Waals surface area contributed by atoms with E-state index in [4.69, 9.17) is 23.2 Å². The topological polar surface area (TPSA) is 54.0 Å². The van der Waals surface area contributed by atoms with Gasteiger partial charge in [-0.05, 0) is 48.4 Å². The number of nitrogens with zero attached hydrogens (tertiary/aromatic N) is 4. The van der Waals surface area contributed by atoms with E-state index in [1.807, 2.05) is 53.8 Å². The molecule has 0 saturated heterocycles. The highest BCUT2D eigenvalue weighted by Gasteiger charge is 2.18. The highest BCUT2D eigenvalue weighted by Crippen LogP contribution is 2.33. The van der Waals surface area contributed by atoms with Gasteiger partial charge in [0.25, 0.3) is 0 Å². The molecule has 0 aliphatic carbocycles. The number of benzene rings is 2. The standard InChI is InChI=1S/C20H12Cl2N4/c1-12-24-25-20-18(11-23)17(13-2-6-15(21)7-3-13)10-19(26(12)20)14-4-8-16(22)9-5-14/h2-10H,1H3. The highest BCUT2D eigenvalue weighted by atomic mass is 35.5. The number of halogens is 2. The van der Waals surface area contributed by atoms with Gasteiger partial charge in [0.05, 0.1) is 5.69 Å². The summed E-state index contributed by atoms with van der Waals surface area (Å²) in [7, 11) is 0. The number of hydrogen-bond donors (Lipinski definition) is 0. The van der Waals surface area contributed by atoms with E-state index in [-0.39, 0.29) is 0 Å². The maximum Gasteiger partial charge on any atom is 0.179 e. The Morgan fingerprint density at radius 2 is 1.46 bits per heavy atom. The lowest BCUT2D eigenvalue weighted by Crippen LogP contribution is -1.99. The largest absolute Gasteiger partial charge is 0.278 e. The van der Waals surface area contributed by atoms with Crippen LogP contribution in [0.2, 0.25) is 10.0 Å². The molecule has 4 rings (SSSR count). The zero-order valence-electron chi connectivity index (χ0n) is 13.7. The minimum Gasteiger partial charge on any atom is -0.278 e. The van der Waals surface area contributed by atoms with Crippen LogP contribution in [0.3, 0.4) is 0 Å². The number of hydrogen-bond acceptors (Lipinski definition) is 3. The molecule has 0 fully saturated rings. The summed E-state index contributed by atoms with van der Waals surface area (Å²) >= 11 is 12.0. The molecule has 0 aliphatic heterocycles. The van der Waals surface area contributed by atoms with E-state index < -0.39 is 0 Å². The van der Waals surface area contributed by atoms with Crippen molar-refractivity contribution in [1.82, 2.24) is 14.6 Å². The van der Waals surface area contributed by atoms with Gasteiger partial charge in [-0.15, -0.1) is 10.2 Å². The van der Waals surface area contributed by atoms with Gasteiger partial charge in [-0.1, -0.05) is 47.5 Å². The van der Waals surface area contributed by atoms with Crippen molar-refractivity contribution in [1.29, 1.82) is 5.26 Å². The number of aryl methyl sites for hydroxylation is 1. The Bertz CT molecular complexity index is 1150. The zero-order chi connectivity index (χ0) is 18.3. The molecule has 26 heavy (non-hydrogen) atoms. The van der Waals surface area contributed by atoms with Crippen LogP contribution >= 0.6 is 23.2 Å². The molecule has 6 heteroatoms. The van der Waals surface area contributed by atoms with E-state index in [9.17, 15) is 5.26 Å². The molecule has 2 heterocycles.